The summed E-state index contributed by atoms with van der Waals surface area (Å²) in [5.74, 6) is 0. The molecular weight excluding hydrogens is 282 g/mol. The maximum Gasteiger partial charge on any atom is 0.0642 e. The highest BCUT2D eigenvalue weighted by molar-refractivity contribution is 6.33. The van der Waals surface area contributed by atoms with Crippen LogP contribution in [-0.4, -0.2) is 37.1 Å². The third kappa shape index (κ3) is 3.36. The number of piperazine rings is 1. The van der Waals surface area contributed by atoms with E-state index in [1.165, 1.54) is 25.7 Å². The molecule has 1 aliphatic heterocycles. The Morgan fingerprint density at radius 1 is 1.14 bits per heavy atom. The molecule has 1 atom stereocenters. The van der Waals surface area contributed by atoms with Crippen molar-refractivity contribution in [2.45, 2.75) is 44.7 Å². The van der Waals surface area contributed by atoms with E-state index in [0.717, 1.165) is 48.5 Å². The first-order valence-corrected chi connectivity index (χ1v) is 8.57. The second kappa shape index (κ2) is 6.55. The molecule has 0 bridgehead atoms. The van der Waals surface area contributed by atoms with Gasteiger partial charge in [-0.2, -0.15) is 0 Å². The van der Waals surface area contributed by atoms with Crippen LogP contribution in [0.15, 0.2) is 18.2 Å². The summed E-state index contributed by atoms with van der Waals surface area (Å²) in [7, 11) is 0. The largest absolute Gasteiger partial charge is 0.368 e. The summed E-state index contributed by atoms with van der Waals surface area (Å²) in [5, 5.41) is 0.833. The molecule has 0 aromatic heterocycles. The number of nitrogens with zero attached hydrogens (tertiary/aromatic N) is 2. The minimum Gasteiger partial charge on any atom is -0.368 e. The normalized spacial score (nSPS) is 22.7. The molecule has 3 rings (SSSR count). The number of rotatable bonds is 3. The molecule has 3 nitrogen and oxygen atoms in total. The van der Waals surface area contributed by atoms with Gasteiger partial charge in [0.05, 0.1) is 10.7 Å². The Labute approximate surface area is 133 Å². The van der Waals surface area contributed by atoms with Gasteiger partial charge >= 0.3 is 0 Å². The van der Waals surface area contributed by atoms with Crippen molar-refractivity contribution in [2.24, 2.45) is 5.73 Å². The zero-order valence-corrected chi connectivity index (χ0v) is 13.6. The molecule has 1 saturated heterocycles. The molecule has 1 aliphatic carbocycles. The van der Waals surface area contributed by atoms with Crippen LogP contribution < -0.4 is 10.6 Å². The predicted octanol–water partition coefficient (Wildman–Crippen LogP) is 3.42. The van der Waals surface area contributed by atoms with Gasteiger partial charge in [0.25, 0.3) is 0 Å². The first-order chi connectivity index (χ1) is 10.1. The lowest BCUT2D eigenvalue weighted by Gasteiger charge is -2.39. The second-order valence-corrected chi connectivity index (χ2v) is 6.87. The second-order valence-electron chi connectivity index (χ2n) is 6.46. The first kappa shape index (κ1) is 15.1. The van der Waals surface area contributed by atoms with E-state index < -0.39 is 0 Å². The number of hydrogen-bond donors (Lipinski definition) is 1. The van der Waals surface area contributed by atoms with Gasteiger partial charge in [0.2, 0.25) is 0 Å². The van der Waals surface area contributed by atoms with Gasteiger partial charge in [0.1, 0.15) is 0 Å². The van der Waals surface area contributed by atoms with Crippen LogP contribution in [-0.2, 0) is 0 Å². The molecule has 1 saturated carbocycles. The highest BCUT2D eigenvalue weighted by Crippen LogP contribution is 2.30. The van der Waals surface area contributed by atoms with E-state index >= 15 is 0 Å². The maximum absolute atomic E-state index is 6.46. The van der Waals surface area contributed by atoms with Crippen molar-refractivity contribution in [1.82, 2.24) is 4.90 Å². The zero-order valence-electron chi connectivity index (χ0n) is 12.9. The number of benzene rings is 1. The van der Waals surface area contributed by atoms with Crippen molar-refractivity contribution in [1.29, 1.82) is 0 Å². The van der Waals surface area contributed by atoms with E-state index in [0.29, 0.717) is 0 Å². The van der Waals surface area contributed by atoms with E-state index in [-0.39, 0.29) is 6.04 Å². The van der Waals surface area contributed by atoms with Gasteiger partial charge in [-0.25, -0.2) is 0 Å². The van der Waals surface area contributed by atoms with Crippen LogP contribution in [0, 0.1) is 0 Å². The van der Waals surface area contributed by atoms with Crippen LogP contribution in [0.5, 0.6) is 0 Å². The SMILES string of the molecule is C[C@@H](N)c1ccc(N2CCN(C3CCCC3)CC2)c(Cl)c1. The molecule has 0 amide bonds. The summed E-state index contributed by atoms with van der Waals surface area (Å²) in [6.07, 6.45) is 5.61. The van der Waals surface area contributed by atoms with Gasteiger partial charge in [0.15, 0.2) is 0 Å². The molecule has 2 aliphatic rings. The Morgan fingerprint density at radius 2 is 1.81 bits per heavy atom. The monoisotopic (exact) mass is 307 g/mol. The lowest BCUT2D eigenvalue weighted by molar-refractivity contribution is 0.187. The Kier molecular flexibility index (Phi) is 4.72. The molecule has 1 aromatic rings. The summed E-state index contributed by atoms with van der Waals surface area (Å²) in [6.45, 7) is 6.47. The number of anilines is 1. The summed E-state index contributed by atoms with van der Waals surface area (Å²) >= 11 is 6.46. The molecule has 4 heteroatoms. The van der Waals surface area contributed by atoms with E-state index in [2.05, 4.69) is 21.9 Å². The lowest BCUT2D eigenvalue weighted by atomic mass is 10.1. The fourth-order valence-corrected chi connectivity index (χ4v) is 3.97. The Balaban J connectivity index is 1.63. The fraction of sp³-hybridized carbons (Fsp3) is 0.647. The molecule has 0 unspecified atom stereocenters. The van der Waals surface area contributed by atoms with Crippen LogP contribution in [0.1, 0.15) is 44.2 Å². The predicted molar refractivity (Wildman–Crippen MR) is 90.1 cm³/mol. The molecule has 2 N–H and O–H groups in total. The van der Waals surface area contributed by atoms with E-state index in [1.807, 2.05) is 13.0 Å². The van der Waals surface area contributed by atoms with Crippen LogP contribution in [0.25, 0.3) is 0 Å². The van der Waals surface area contributed by atoms with Crippen LogP contribution in [0.4, 0.5) is 5.69 Å². The number of nitrogens with two attached hydrogens (primary N) is 1. The van der Waals surface area contributed by atoms with Crippen LogP contribution in [0.3, 0.4) is 0 Å². The summed E-state index contributed by atoms with van der Waals surface area (Å²) in [5.41, 5.74) is 8.18. The first-order valence-electron chi connectivity index (χ1n) is 8.19. The van der Waals surface area contributed by atoms with Crippen LogP contribution in [0.2, 0.25) is 5.02 Å². The average molecular weight is 308 g/mol. The topological polar surface area (TPSA) is 32.5 Å². The standard InChI is InChI=1S/C17H26ClN3/c1-13(19)14-6-7-17(16(18)12-14)21-10-8-20(9-11-21)15-4-2-3-5-15/h6-7,12-13,15H,2-5,8-11,19H2,1H3/t13-/m1/s1. The summed E-state index contributed by atoms with van der Waals surface area (Å²) < 4.78 is 0. The van der Waals surface area contributed by atoms with Gasteiger partial charge < -0.3 is 10.6 Å². The Hall–Kier alpha value is -0.770. The molecule has 116 valence electrons. The smallest absolute Gasteiger partial charge is 0.0642 e. The lowest BCUT2D eigenvalue weighted by Crippen LogP contribution is -2.49. The minimum absolute atomic E-state index is 0.0377. The highest BCUT2D eigenvalue weighted by Gasteiger charge is 2.26. The number of halogens is 1. The molecule has 2 fully saturated rings. The van der Waals surface area contributed by atoms with Crippen molar-refractivity contribution < 1.29 is 0 Å². The van der Waals surface area contributed by atoms with E-state index in [4.69, 9.17) is 17.3 Å². The van der Waals surface area contributed by atoms with Crippen molar-refractivity contribution in [2.75, 3.05) is 31.1 Å². The summed E-state index contributed by atoms with van der Waals surface area (Å²) in [6, 6.07) is 7.13. The van der Waals surface area contributed by atoms with Gasteiger partial charge in [-0.3, -0.25) is 4.90 Å². The minimum atomic E-state index is 0.0377. The van der Waals surface area contributed by atoms with Crippen LogP contribution >= 0.6 is 11.6 Å². The molecular formula is C17H26ClN3. The molecule has 21 heavy (non-hydrogen) atoms. The molecule has 1 aromatic carbocycles. The molecule has 0 spiro atoms. The zero-order chi connectivity index (χ0) is 14.8. The van der Waals surface area contributed by atoms with Gasteiger partial charge in [-0.1, -0.05) is 30.5 Å². The van der Waals surface area contributed by atoms with Gasteiger partial charge in [-0.05, 0) is 37.5 Å². The van der Waals surface area contributed by atoms with Crippen molar-refractivity contribution in [3.63, 3.8) is 0 Å². The maximum atomic E-state index is 6.46. The Bertz CT molecular complexity index is 475. The van der Waals surface area contributed by atoms with E-state index in [9.17, 15) is 0 Å². The van der Waals surface area contributed by atoms with Gasteiger partial charge in [-0.15, -0.1) is 0 Å². The van der Waals surface area contributed by atoms with Crippen molar-refractivity contribution in [3.8, 4) is 0 Å². The highest BCUT2D eigenvalue weighted by atomic mass is 35.5. The van der Waals surface area contributed by atoms with Crippen molar-refractivity contribution >= 4 is 17.3 Å². The van der Waals surface area contributed by atoms with Gasteiger partial charge in [0, 0.05) is 38.3 Å². The number of hydrogen-bond acceptors (Lipinski definition) is 3. The third-order valence-corrected chi connectivity index (χ3v) is 5.30. The average Bonchev–Trinajstić information content (AvgIpc) is 3.01. The quantitative estimate of drug-likeness (QED) is 0.928. The van der Waals surface area contributed by atoms with E-state index in [1.54, 1.807) is 0 Å². The fourth-order valence-electron chi connectivity index (χ4n) is 3.66. The van der Waals surface area contributed by atoms with Crippen molar-refractivity contribution in [3.05, 3.63) is 28.8 Å². The Morgan fingerprint density at radius 3 is 2.38 bits per heavy atom. The molecule has 0 radical (unpaired) electrons. The third-order valence-electron chi connectivity index (χ3n) is 4.99. The molecule has 1 heterocycles. The summed E-state index contributed by atoms with van der Waals surface area (Å²) in [4.78, 5) is 5.09.